The maximum atomic E-state index is 13.2. The van der Waals surface area contributed by atoms with E-state index >= 15 is 0 Å². The van der Waals surface area contributed by atoms with Gasteiger partial charge in [0.25, 0.3) is 0 Å². The van der Waals surface area contributed by atoms with E-state index in [1.165, 1.54) is 71.3 Å². The van der Waals surface area contributed by atoms with Gasteiger partial charge in [-0.2, -0.15) is 8.75 Å². The number of carbonyl (C=O) groups excluding carboxylic acids is 2. The number of nitrogens with zero attached hydrogens (tertiary/aromatic N) is 2. The summed E-state index contributed by atoms with van der Waals surface area (Å²) in [6.07, 6.45) is 15.9. The first-order valence-corrected chi connectivity index (χ1v) is 25.2. The number of ether oxygens (including phenoxy) is 4. The zero-order chi connectivity index (χ0) is 41.9. The molecule has 324 valence electrons. The Kier molecular flexibility index (Phi) is 14.0. The van der Waals surface area contributed by atoms with Crippen LogP contribution < -0.4 is 9.47 Å². The lowest BCUT2D eigenvalue weighted by molar-refractivity contribution is -0.154. The SMILES string of the molecule is C=C(C)C(=O)OCCOC(=O)C1CCC(Oc2c(OC3CCCCC3)c(-c3ccc(C4CC(C)CCC4C)s3)c3nsnc3c2-c2ccc(C3CC(C)CCC3C)s2)CC1. The average molecular weight is 873 g/mol. The number of rotatable bonds is 13. The number of aromatic nitrogens is 2. The Labute approximate surface area is 369 Å². The van der Waals surface area contributed by atoms with E-state index in [9.17, 15) is 9.59 Å². The molecule has 8 rings (SSSR count). The number of hydrogen-bond donors (Lipinski definition) is 0. The largest absolute Gasteiger partial charge is 0.486 e. The van der Waals surface area contributed by atoms with Gasteiger partial charge in [0.15, 0.2) is 11.5 Å². The third-order valence-electron chi connectivity index (χ3n) is 14.1. The molecule has 8 nitrogen and oxygen atoms in total. The van der Waals surface area contributed by atoms with Crippen LogP contribution in [0.1, 0.15) is 153 Å². The molecule has 0 bridgehead atoms. The van der Waals surface area contributed by atoms with Gasteiger partial charge in [0.05, 0.1) is 41.0 Å². The second kappa shape index (κ2) is 19.4. The Balaban J connectivity index is 1.17. The summed E-state index contributed by atoms with van der Waals surface area (Å²) in [5.74, 6) is 4.50. The summed E-state index contributed by atoms with van der Waals surface area (Å²) in [5, 5.41) is 0. The first kappa shape index (κ1) is 43.4. The Morgan fingerprint density at radius 1 is 0.650 bits per heavy atom. The topological polar surface area (TPSA) is 96.8 Å². The fourth-order valence-corrected chi connectivity index (χ4v) is 13.5. The van der Waals surface area contributed by atoms with Gasteiger partial charge >= 0.3 is 11.9 Å². The highest BCUT2D eigenvalue weighted by atomic mass is 32.1. The molecule has 0 amide bonds. The Hall–Kier alpha value is -3.28. The first-order valence-electron chi connectivity index (χ1n) is 22.9. The van der Waals surface area contributed by atoms with E-state index in [0.29, 0.717) is 54.9 Å². The molecule has 4 aliphatic carbocycles. The summed E-state index contributed by atoms with van der Waals surface area (Å²) in [5.41, 5.74) is 4.13. The van der Waals surface area contributed by atoms with Crippen LogP contribution in [-0.2, 0) is 19.1 Å². The van der Waals surface area contributed by atoms with Crippen LogP contribution in [0.4, 0.5) is 0 Å². The zero-order valence-electron chi connectivity index (χ0n) is 36.3. The summed E-state index contributed by atoms with van der Waals surface area (Å²) in [7, 11) is 0. The zero-order valence-corrected chi connectivity index (χ0v) is 38.8. The minimum atomic E-state index is -0.477. The molecule has 0 radical (unpaired) electrons. The predicted octanol–water partition coefficient (Wildman–Crippen LogP) is 13.5. The minimum Gasteiger partial charge on any atom is -0.486 e. The maximum absolute atomic E-state index is 13.2. The molecule has 4 saturated carbocycles. The highest BCUT2D eigenvalue weighted by molar-refractivity contribution is 7.16. The fraction of sp³-hybridized carbons (Fsp3) is 0.633. The molecule has 60 heavy (non-hydrogen) atoms. The van der Waals surface area contributed by atoms with Crippen LogP contribution in [0.5, 0.6) is 11.5 Å². The maximum Gasteiger partial charge on any atom is 0.333 e. The van der Waals surface area contributed by atoms with Crippen molar-refractivity contribution in [3.05, 3.63) is 46.2 Å². The van der Waals surface area contributed by atoms with Crippen molar-refractivity contribution in [3.63, 3.8) is 0 Å². The summed E-state index contributed by atoms with van der Waals surface area (Å²) < 4.78 is 35.6. The summed E-state index contributed by atoms with van der Waals surface area (Å²) >= 11 is 5.08. The molecule has 4 aliphatic rings. The Bertz CT molecular complexity index is 2120. The molecule has 3 heterocycles. The number of benzene rings is 1. The van der Waals surface area contributed by atoms with E-state index in [1.54, 1.807) is 6.92 Å². The highest BCUT2D eigenvalue weighted by Gasteiger charge is 2.36. The van der Waals surface area contributed by atoms with Crippen molar-refractivity contribution in [1.82, 2.24) is 8.75 Å². The van der Waals surface area contributed by atoms with Gasteiger partial charge in [-0.1, -0.05) is 53.5 Å². The monoisotopic (exact) mass is 872 g/mol. The predicted molar refractivity (Wildman–Crippen MR) is 244 cm³/mol. The van der Waals surface area contributed by atoms with Gasteiger partial charge in [0.1, 0.15) is 24.2 Å². The summed E-state index contributed by atoms with van der Waals surface area (Å²) in [6, 6.07) is 9.33. The van der Waals surface area contributed by atoms with Gasteiger partial charge in [-0.05, 0) is 144 Å². The van der Waals surface area contributed by atoms with E-state index in [4.69, 9.17) is 27.7 Å². The molecule has 1 aromatic carbocycles. The number of carbonyl (C=O) groups is 2. The molecule has 0 saturated heterocycles. The van der Waals surface area contributed by atoms with Gasteiger partial charge in [-0.15, -0.1) is 22.7 Å². The van der Waals surface area contributed by atoms with Crippen molar-refractivity contribution in [2.45, 2.75) is 155 Å². The van der Waals surface area contributed by atoms with Crippen LogP contribution in [-0.4, -0.2) is 46.1 Å². The molecule has 3 aromatic heterocycles. The molecule has 6 unspecified atom stereocenters. The Morgan fingerprint density at radius 3 is 1.67 bits per heavy atom. The number of hydrogen-bond acceptors (Lipinski definition) is 11. The van der Waals surface area contributed by atoms with E-state index in [1.807, 2.05) is 22.7 Å². The normalized spacial score (nSPS) is 27.7. The molecular formula is C49H64N2O6S3. The van der Waals surface area contributed by atoms with E-state index in [2.05, 4.69) is 58.5 Å². The smallest absolute Gasteiger partial charge is 0.333 e. The summed E-state index contributed by atoms with van der Waals surface area (Å²) in [4.78, 5) is 30.2. The van der Waals surface area contributed by atoms with Crippen LogP contribution >= 0.6 is 34.4 Å². The molecule has 4 aromatic rings. The third-order valence-corrected chi connectivity index (χ3v) is 17.1. The third kappa shape index (κ3) is 9.68. The van der Waals surface area contributed by atoms with E-state index in [-0.39, 0.29) is 37.3 Å². The highest BCUT2D eigenvalue weighted by Crippen LogP contribution is 2.56. The molecule has 6 atom stereocenters. The van der Waals surface area contributed by atoms with Crippen molar-refractivity contribution in [2.75, 3.05) is 13.2 Å². The lowest BCUT2D eigenvalue weighted by Crippen LogP contribution is -2.30. The van der Waals surface area contributed by atoms with Gasteiger partial charge in [-0.25, -0.2) is 4.79 Å². The van der Waals surface area contributed by atoms with Gasteiger partial charge in [0, 0.05) is 25.1 Å². The number of thiophene rings is 2. The van der Waals surface area contributed by atoms with Crippen molar-refractivity contribution in [2.24, 2.45) is 29.6 Å². The van der Waals surface area contributed by atoms with Gasteiger partial charge in [0.2, 0.25) is 0 Å². The minimum absolute atomic E-state index is 0.0202. The quantitative estimate of drug-likeness (QED) is 0.0744. The lowest BCUT2D eigenvalue weighted by Gasteiger charge is -2.32. The molecule has 0 aliphatic heterocycles. The first-order chi connectivity index (χ1) is 29.0. The van der Waals surface area contributed by atoms with Crippen molar-refractivity contribution in [1.29, 1.82) is 0 Å². The molecule has 0 spiro atoms. The molecule has 0 N–H and O–H groups in total. The van der Waals surface area contributed by atoms with Crippen LogP contribution in [0.2, 0.25) is 0 Å². The van der Waals surface area contributed by atoms with Crippen molar-refractivity contribution >= 4 is 57.4 Å². The molecular weight excluding hydrogens is 809 g/mol. The van der Waals surface area contributed by atoms with E-state index < -0.39 is 5.97 Å². The summed E-state index contributed by atoms with van der Waals surface area (Å²) in [6.45, 7) is 14.9. The van der Waals surface area contributed by atoms with Crippen molar-refractivity contribution < 1.29 is 28.5 Å². The van der Waals surface area contributed by atoms with Crippen LogP contribution in [0.3, 0.4) is 0 Å². The molecule has 4 fully saturated rings. The fourth-order valence-electron chi connectivity index (χ4n) is 10.3. The number of fused-ring (bicyclic) bond motifs is 1. The average Bonchev–Trinajstić information content (AvgIpc) is 4.05. The second-order valence-electron chi connectivity index (χ2n) is 18.8. The number of esters is 2. The van der Waals surface area contributed by atoms with Gasteiger partial charge < -0.3 is 18.9 Å². The van der Waals surface area contributed by atoms with Crippen molar-refractivity contribution in [3.8, 4) is 32.4 Å². The van der Waals surface area contributed by atoms with E-state index in [0.717, 1.165) is 76.1 Å². The molecule has 11 heteroatoms. The Morgan fingerprint density at radius 2 is 1.15 bits per heavy atom. The van der Waals surface area contributed by atoms with Gasteiger partial charge in [-0.3, -0.25) is 4.79 Å². The second-order valence-corrected chi connectivity index (χ2v) is 21.6. The standard InChI is InChI=1S/C49H64N2O6S3/c1-28(2)48(52)54-24-25-55-49(53)33-16-18-35(19-17-33)57-47-43(41-23-21-39(59-41)37-27-30(4)13-15-32(37)6)45-44(50-60-51-45)42(46(47)56-34-10-8-7-9-11-34)40-22-20-38(58-40)36-26-29(3)12-14-31(36)5/h20-23,29-37H,1,7-19,24-27H2,2-6H3. The van der Waals surface area contributed by atoms with Crippen LogP contribution in [0, 0.1) is 29.6 Å². The van der Waals surface area contributed by atoms with Crippen LogP contribution in [0.25, 0.3) is 31.9 Å². The van der Waals surface area contributed by atoms with Crippen LogP contribution in [0.15, 0.2) is 36.4 Å². The lowest BCUT2D eigenvalue weighted by atomic mass is 9.75.